The third-order valence-corrected chi connectivity index (χ3v) is 4.88. The largest absolute Gasteiger partial charge is 0.493 e. The Kier molecular flexibility index (Phi) is 8.29. The Morgan fingerprint density at radius 2 is 1.88 bits per heavy atom. The molecule has 0 fully saturated rings. The summed E-state index contributed by atoms with van der Waals surface area (Å²) in [6.07, 6.45) is 3.17. The van der Waals surface area contributed by atoms with Crippen molar-refractivity contribution in [1.82, 2.24) is 5.32 Å². The number of halogens is 1. The molecule has 1 atom stereocenters. The van der Waals surface area contributed by atoms with Gasteiger partial charge in [0.25, 0.3) is 0 Å². The van der Waals surface area contributed by atoms with Gasteiger partial charge in [0.1, 0.15) is 0 Å². The Bertz CT molecular complexity index is 646. The monoisotopic (exact) mass is 405 g/mol. The maximum absolute atomic E-state index is 5.75. The molecule has 4 heteroatoms. The average molecular weight is 406 g/mol. The predicted molar refractivity (Wildman–Crippen MR) is 108 cm³/mol. The van der Waals surface area contributed by atoms with E-state index in [0.717, 1.165) is 41.8 Å². The molecule has 2 aromatic rings. The molecule has 0 heterocycles. The summed E-state index contributed by atoms with van der Waals surface area (Å²) >= 11 is 3.65. The minimum absolute atomic E-state index is 0.439. The first-order valence-electron chi connectivity index (χ1n) is 8.90. The zero-order chi connectivity index (χ0) is 18.1. The van der Waals surface area contributed by atoms with Crippen LogP contribution in [-0.4, -0.2) is 19.8 Å². The molecule has 0 saturated heterocycles. The summed E-state index contributed by atoms with van der Waals surface area (Å²) in [7, 11) is 1.68. The van der Waals surface area contributed by atoms with Crippen LogP contribution in [0.1, 0.15) is 37.8 Å². The van der Waals surface area contributed by atoms with Crippen molar-refractivity contribution in [2.24, 2.45) is 0 Å². The molecule has 0 amide bonds. The van der Waals surface area contributed by atoms with Crippen molar-refractivity contribution in [3.05, 3.63) is 58.1 Å². The Hall–Kier alpha value is -1.52. The number of aryl methyl sites for hydroxylation is 1. The van der Waals surface area contributed by atoms with Crippen LogP contribution in [0.2, 0.25) is 0 Å². The van der Waals surface area contributed by atoms with Gasteiger partial charge in [0.15, 0.2) is 11.5 Å². The second-order valence-electron chi connectivity index (χ2n) is 6.25. The summed E-state index contributed by atoms with van der Waals surface area (Å²) in [6.45, 7) is 5.81. The minimum atomic E-state index is 0.439. The topological polar surface area (TPSA) is 30.5 Å². The van der Waals surface area contributed by atoms with Gasteiger partial charge in [-0.05, 0) is 49.4 Å². The molecule has 1 unspecified atom stereocenters. The molecule has 0 aliphatic carbocycles. The molecule has 3 nitrogen and oxygen atoms in total. The second-order valence-corrected chi connectivity index (χ2v) is 7.10. The maximum Gasteiger partial charge on any atom is 0.162 e. The van der Waals surface area contributed by atoms with Crippen molar-refractivity contribution < 1.29 is 9.47 Å². The molecular weight excluding hydrogens is 378 g/mol. The Balaban J connectivity index is 1.90. The lowest BCUT2D eigenvalue weighted by molar-refractivity contribution is 0.294. The van der Waals surface area contributed by atoms with Crippen LogP contribution in [-0.2, 0) is 13.0 Å². The molecule has 25 heavy (non-hydrogen) atoms. The van der Waals surface area contributed by atoms with Crippen molar-refractivity contribution in [3.8, 4) is 11.5 Å². The summed E-state index contributed by atoms with van der Waals surface area (Å²) < 4.78 is 12.3. The van der Waals surface area contributed by atoms with Gasteiger partial charge in [-0.1, -0.05) is 53.2 Å². The molecule has 1 N–H and O–H groups in total. The minimum Gasteiger partial charge on any atom is -0.493 e. The van der Waals surface area contributed by atoms with Crippen LogP contribution in [0.4, 0.5) is 0 Å². The Labute approximate surface area is 159 Å². The van der Waals surface area contributed by atoms with Gasteiger partial charge in [0, 0.05) is 17.1 Å². The zero-order valence-corrected chi connectivity index (χ0v) is 16.9. The molecular formula is C21H28BrNO2. The maximum atomic E-state index is 5.75. The van der Waals surface area contributed by atoms with Crippen molar-refractivity contribution in [2.45, 2.75) is 45.7 Å². The van der Waals surface area contributed by atoms with E-state index < -0.39 is 0 Å². The lowest BCUT2D eigenvalue weighted by Crippen LogP contribution is -2.26. The van der Waals surface area contributed by atoms with E-state index in [0.29, 0.717) is 12.6 Å². The summed E-state index contributed by atoms with van der Waals surface area (Å²) in [5.41, 5.74) is 2.56. The highest BCUT2D eigenvalue weighted by Crippen LogP contribution is 2.33. The van der Waals surface area contributed by atoms with Crippen molar-refractivity contribution >= 4 is 15.9 Å². The SMILES string of the molecule is CCCOc1cc(Br)c(CNC(C)CCc2ccccc2)cc1OC. The molecule has 2 rings (SSSR count). The zero-order valence-electron chi connectivity index (χ0n) is 15.3. The highest BCUT2D eigenvalue weighted by molar-refractivity contribution is 9.10. The van der Waals surface area contributed by atoms with Gasteiger partial charge < -0.3 is 14.8 Å². The van der Waals surface area contributed by atoms with E-state index in [9.17, 15) is 0 Å². The Morgan fingerprint density at radius 3 is 2.56 bits per heavy atom. The number of hydrogen-bond acceptors (Lipinski definition) is 3. The van der Waals surface area contributed by atoms with Crippen LogP contribution < -0.4 is 14.8 Å². The molecule has 0 aromatic heterocycles. The van der Waals surface area contributed by atoms with Gasteiger partial charge in [-0.15, -0.1) is 0 Å². The number of methoxy groups -OCH3 is 1. The molecule has 0 bridgehead atoms. The number of hydrogen-bond donors (Lipinski definition) is 1. The van der Waals surface area contributed by atoms with Gasteiger partial charge in [0.2, 0.25) is 0 Å². The summed E-state index contributed by atoms with van der Waals surface area (Å²) in [5, 5.41) is 3.60. The van der Waals surface area contributed by atoms with Crippen LogP contribution >= 0.6 is 15.9 Å². The molecule has 0 radical (unpaired) electrons. The molecule has 0 aliphatic rings. The summed E-state index contributed by atoms with van der Waals surface area (Å²) in [4.78, 5) is 0. The van der Waals surface area contributed by atoms with Crippen molar-refractivity contribution in [1.29, 1.82) is 0 Å². The van der Waals surface area contributed by atoms with Crippen LogP contribution in [0.5, 0.6) is 11.5 Å². The predicted octanol–water partition coefficient (Wildman–Crippen LogP) is 5.36. The first-order chi connectivity index (χ1) is 12.1. The Morgan fingerprint density at radius 1 is 1.12 bits per heavy atom. The molecule has 136 valence electrons. The number of ether oxygens (including phenoxy) is 2. The fourth-order valence-corrected chi connectivity index (χ4v) is 3.07. The van der Waals surface area contributed by atoms with Crippen LogP contribution in [0.15, 0.2) is 46.9 Å². The first-order valence-corrected chi connectivity index (χ1v) is 9.69. The fraction of sp³-hybridized carbons (Fsp3) is 0.429. The van der Waals surface area contributed by atoms with E-state index in [2.05, 4.69) is 65.4 Å². The lowest BCUT2D eigenvalue weighted by Gasteiger charge is -2.17. The average Bonchev–Trinajstić information content (AvgIpc) is 2.64. The number of nitrogens with one attached hydrogen (secondary N) is 1. The lowest BCUT2D eigenvalue weighted by atomic mass is 10.1. The highest BCUT2D eigenvalue weighted by Gasteiger charge is 2.11. The van der Waals surface area contributed by atoms with Crippen LogP contribution in [0.3, 0.4) is 0 Å². The van der Waals surface area contributed by atoms with E-state index in [1.54, 1.807) is 7.11 Å². The molecule has 0 spiro atoms. The molecule has 0 saturated carbocycles. The van der Waals surface area contributed by atoms with Crippen molar-refractivity contribution in [2.75, 3.05) is 13.7 Å². The van der Waals surface area contributed by atoms with E-state index in [1.165, 1.54) is 11.1 Å². The van der Waals surface area contributed by atoms with E-state index >= 15 is 0 Å². The third-order valence-electron chi connectivity index (χ3n) is 4.14. The van der Waals surface area contributed by atoms with Crippen LogP contribution in [0.25, 0.3) is 0 Å². The molecule has 2 aromatic carbocycles. The number of rotatable bonds is 10. The van der Waals surface area contributed by atoms with Gasteiger partial charge in [-0.25, -0.2) is 0 Å². The highest BCUT2D eigenvalue weighted by atomic mass is 79.9. The summed E-state index contributed by atoms with van der Waals surface area (Å²) in [6, 6.07) is 15.1. The van der Waals surface area contributed by atoms with E-state index in [-0.39, 0.29) is 0 Å². The third kappa shape index (κ3) is 6.37. The standard InChI is InChI=1S/C21H28BrNO2/c1-4-12-25-21-14-19(22)18(13-20(21)24-3)15-23-16(2)10-11-17-8-6-5-7-9-17/h5-9,13-14,16,23H,4,10-12,15H2,1-3H3. The van der Waals surface area contributed by atoms with Gasteiger partial charge >= 0.3 is 0 Å². The van der Waals surface area contributed by atoms with E-state index in [1.807, 2.05) is 12.1 Å². The summed E-state index contributed by atoms with van der Waals surface area (Å²) in [5.74, 6) is 1.57. The van der Waals surface area contributed by atoms with E-state index in [4.69, 9.17) is 9.47 Å². The van der Waals surface area contributed by atoms with Crippen LogP contribution in [0, 0.1) is 0 Å². The number of benzene rings is 2. The quantitative estimate of drug-likeness (QED) is 0.577. The normalized spacial score (nSPS) is 12.0. The van der Waals surface area contributed by atoms with Gasteiger partial charge in [0.05, 0.1) is 13.7 Å². The van der Waals surface area contributed by atoms with Gasteiger partial charge in [-0.2, -0.15) is 0 Å². The van der Waals surface area contributed by atoms with Crippen molar-refractivity contribution in [3.63, 3.8) is 0 Å². The second kappa shape index (κ2) is 10.5. The molecule has 0 aliphatic heterocycles. The fourth-order valence-electron chi connectivity index (χ4n) is 2.61. The van der Waals surface area contributed by atoms with Gasteiger partial charge in [-0.3, -0.25) is 0 Å². The smallest absolute Gasteiger partial charge is 0.162 e. The first kappa shape index (κ1) is 19.8.